The highest BCUT2D eigenvalue weighted by Gasteiger charge is 2.05. The molecule has 0 saturated heterocycles. The highest BCUT2D eigenvalue weighted by Crippen LogP contribution is 1.98. The van der Waals surface area contributed by atoms with E-state index in [1.54, 1.807) is 0 Å². The first kappa shape index (κ1) is 14.3. The molecule has 7 heteroatoms. The fourth-order valence-electron chi connectivity index (χ4n) is 0.982. The van der Waals surface area contributed by atoms with Crippen molar-refractivity contribution < 1.29 is 22.9 Å². The number of aliphatic hydroxyl groups is 1. The van der Waals surface area contributed by atoms with Gasteiger partial charge in [-0.3, -0.25) is 9.35 Å². The molecule has 0 spiro atoms. The summed E-state index contributed by atoms with van der Waals surface area (Å²) in [6, 6.07) is 0. The van der Waals surface area contributed by atoms with Crippen molar-refractivity contribution in [3.05, 3.63) is 0 Å². The third-order valence-electron chi connectivity index (χ3n) is 1.74. The lowest BCUT2D eigenvalue weighted by atomic mass is 10.2. The molecule has 0 unspecified atom stereocenters. The third kappa shape index (κ3) is 11.3. The number of hydrogen-bond acceptors (Lipinski definition) is 4. The van der Waals surface area contributed by atoms with Gasteiger partial charge in [0.15, 0.2) is 0 Å². The van der Waals surface area contributed by atoms with Crippen LogP contribution in [0, 0.1) is 0 Å². The Hall–Kier alpha value is -0.660. The number of hydrogen-bond donors (Lipinski definition) is 3. The molecule has 0 aromatic rings. The molecular formula is C8H17NO5S. The maximum absolute atomic E-state index is 11.0. The minimum atomic E-state index is -4.00. The van der Waals surface area contributed by atoms with Crippen LogP contribution < -0.4 is 5.32 Å². The highest BCUT2D eigenvalue weighted by molar-refractivity contribution is 7.85. The van der Waals surface area contributed by atoms with E-state index in [4.69, 9.17) is 9.66 Å². The van der Waals surface area contributed by atoms with E-state index >= 15 is 0 Å². The van der Waals surface area contributed by atoms with Gasteiger partial charge in [0.05, 0.1) is 5.75 Å². The van der Waals surface area contributed by atoms with Gasteiger partial charge >= 0.3 is 0 Å². The molecule has 1 amide bonds. The Morgan fingerprint density at radius 3 is 2.40 bits per heavy atom. The van der Waals surface area contributed by atoms with Gasteiger partial charge < -0.3 is 10.4 Å². The third-order valence-corrected chi connectivity index (χ3v) is 2.46. The molecule has 0 rings (SSSR count). The molecule has 0 radical (unpaired) electrons. The second-order valence-electron chi connectivity index (χ2n) is 3.17. The summed E-state index contributed by atoms with van der Waals surface area (Å²) in [6.07, 6.45) is 2.41. The van der Waals surface area contributed by atoms with Crippen LogP contribution in [0.1, 0.15) is 25.7 Å². The summed E-state index contributed by atoms with van der Waals surface area (Å²) in [5.41, 5.74) is 0. The smallest absolute Gasteiger partial charge is 0.266 e. The van der Waals surface area contributed by atoms with Crippen molar-refractivity contribution >= 4 is 16.0 Å². The van der Waals surface area contributed by atoms with Crippen molar-refractivity contribution in [2.45, 2.75) is 25.7 Å². The van der Waals surface area contributed by atoms with Crippen LogP contribution in [0.5, 0.6) is 0 Å². The molecule has 0 aromatic heterocycles. The largest absolute Gasteiger partial charge is 0.396 e. The van der Waals surface area contributed by atoms with Crippen molar-refractivity contribution in [2.24, 2.45) is 0 Å². The molecule has 0 aliphatic heterocycles. The zero-order valence-corrected chi connectivity index (χ0v) is 9.29. The van der Waals surface area contributed by atoms with Gasteiger partial charge in [-0.2, -0.15) is 8.42 Å². The SMILES string of the molecule is O=C(CCCCCO)NCCS(=O)(=O)O. The molecule has 3 N–H and O–H groups in total. The lowest BCUT2D eigenvalue weighted by Gasteiger charge is -2.03. The molecule has 0 aliphatic rings. The normalized spacial score (nSPS) is 11.3. The number of amides is 1. The summed E-state index contributed by atoms with van der Waals surface area (Å²) < 4.78 is 28.9. The second-order valence-corrected chi connectivity index (χ2v) is 4.74. The Bertz CT molecular complexity index is 275. The minimum Gasteiger partial charge on any atom is -0.396 e. The predicted molar refractivity (Wildman–Crippen MR) is 55.0 cm³/mol. The minimum absolute atomic E-state index is 0.0718. The quantitative estimate of drug-likeness (QED) is 0.393. The van der Waals surface area contributed by atoms with Gasteiger partial charge in [-0.15, -0.1) is 0 Å². The molecule has 0 aromatic carbocycles. The van der Waals surface area contributed by atoms with Crippen LogP contribution in [0.4, 0.5) is 0 Å². The molecule has 0 aliphatic carbocycles. The van der Waals surface area contributed by atoms with E-state index in [-0.39, 0.29) is 19.1 Å². The monoisotopic (exact) mass is 239 g/mol. The van der Waals surface area contributed by atoms with Crippen LogP contribution in [-0.2, 0) is 14.9 Å². The van der Waals surface area contributed by atoms with Crippen molar-refractivity contribution in [2.75, 3.05) is 18.9 Å². The Labute approximate surface area is 89.4 Å². The number of carbonyl (C=O) groups excluding carboxylic acids is 1. The fourth-order valence-corrected chi connectivity index (χ4v) is 1.34. The predicted octanol–water partition coefficient (Wildman–Crippen LogP) is -0.457. The Kier molecular flexibility index (Phi) is 7.27. The van der Waals surface area contributed by atoms with E-state index in [9.17, 15) is 13.2 Å². The van der Waals surface area contributed by atoms with Crippen molar-refractivity contribution in [3.8, 4) is 0 Å². The standard InChI is InChI=1S/C8H17NO5S/c10-6-3-1-2-4-8(11)9-5-7-15(12,13)14/h10H,1-7H2,(H,9,11)(H,12,13,14). The maximum Gasteiger partial charge on any atom is 0.266 e. The van der Waals surface area contributed by atoms with E-state index < -0.39 is 15.9 Å². The summed E-state index contributed by atoms with van der Waals surface area (Å²) in [4.78, 5) is 11.0. The van der Waals surface area contributed by atoms with E-state index in [1.807, 2.05) is 0 Å². The number of aliphatic hydroxyl groups excluding tert-OH is 1. The number of carbonyl (C=O) groups is 1. The fraction of sp³-hybridized carbons (Fsp3) is 0.875. The lowest BCUT2D eigenvalue weighted by molar-refractivity contribution is -0.121. The lowest BCUT2D eigenvalue weighted by Crippen LogP contribution is -2.28. The average molecular weight is 239 g/mol. The molecule has 0 saturated carbocycles. The molecule has 90 valence electrons. The van der Waals surface area contributed by atoms with Gasteiger partial charge in [0.1, 0.15) is 0 Å². The maximum atomic E-state index is 11.0. The first-order valence-electron chi connectivity index (χ1n) is 4.78. The molecule has 6 nitrogen and oxygen atoms in total. The van der Waals surface area contributed by atoms with E-state index in [1.165, 1.54) is 0 Å². The summed E-state index contributed by atoms with van der Waals surface area (Å²) in [7, 11) is -4.00. The second kappa shape index (κ2) is 7.61. The zero-order valence-electron chi connectivity index (χ0n) is 8.48. The van der Waals surface area contributed by atoms with Gasteiger partial charge in [-0.1, -0.05) is 6.42 Å². The van der Waals surface area contributed by atoms with Crippen LogP contribution in [0.2, 0.25) is 0 Å². The van der Waals surface area contributed by atoms with Crippen LogP contribution in [0.15, 0.2) is 0 Å². The Balaban J connectivity index is 3.42. The summed E-state index contributed by atoms with van der Waals surface area (Å²) in [5, 5.41) is 10.8. The van der Waals surface area contributed by atoms with E-state index in [0.717, 1.165) is 6.42 Å². The average Bonchev–Trinajstić information content (AvgIpc) is 2.10. The first-order valence-corrected chi connectivity index (χ1v) is 6.39. The van der Waals surface area contributed by atoms with Crippen LogP contribution in [0.25, 0.3) is 0 Å². The van der Waals surface area contributed by atoms with Crippen molar-refractivity contribution in [3.63, 3.8) is 0 Å². The van der Waals surface area contributed by atoms with Crippen molar-refractivity contribution in [1.82, 2.24) is 5.32 Å². The van der Waals surface area contributed by atoms with Gasteiger partial charge in [-0.05, 0) is 12.8 Å². The Morgan fingerprint density at radius 1 is 1.20 bits per heavy atom. The van der Waals surface area contributed by atoms with Crippen molar-refractivity contribution in [1.29, 1.82) is 0 Å². The molecule has 0 atom stereocenters. The topological polar surface area (TPSA) is 104 Å². The molecule has 0 heterocycles. The number of unbranched alkanes of at least 4 members (excludes halogenated alkanes) is 2. The number of nitrogens with one attached hydrogen (secondary N) is 1. The summed E-state index contributed by atoms with van der Waals surface area (Å²) in [6.45, 7) is 0.0437. The first-order chi connectivity index (χ1) is 6.95. The molecular weight excluding hydrogens is 222 g/mol. The molecule has 15 heavy (non-hydrogen) atoms. The van der Waals surface area contributed by atoms with Gasteiger partial charge in [0.2, 0.25) is 5.91 Å². The number of rotatable bonds is 8. The summed E-state index contributed by atoms with van der Waals surface area (Å²) >= 11 is 0. The van der Waals surface area contributed by atoms with Crippen LogP contribution >= 0.6 is 0 Å². The zero-order chi connectivity index (χ0) is 11.7. The highest BCUT2D eigenvalue weighted by atomic mass is 32.2. The van der Waals surface area contributed by atoms with Crippen LogP contribution in [-0.4, -0.2) is 42.9 Å². The van der Waals surface area contributed by atoms with E-state index in [0.29, 0.717) is 19.3 Å². The molecule has 0 bridgehead atoms. The van der Waals surface area contributed by atoms with E-state index in [2.05, 4.69) is 5.32 Å². The van der Waals surface area contributed by atoms with Crippen LogP contribution in [0.3, 0.4) is 0 Å². The van der Waals surface area contributed by atoms with Gasteiger partial charge in [0, 0.05) is 19.6 Å². The van der Waals surface area contributed by atoms with Gasteiger partial charge in [0.25, 0.3) is 10.1 Å². The Morgan fingerprint density at radius 2 is 1.87 bits per heavy atom. The summed E-state index contributed by atoms with van der Waals surface area (Å²) in [5.74, 6) is -0.702. The molecule has 0 fully saturated rings. The van der Waals surface area contributed by atoms with Gasteiger partial charge in [-0.25, -0.2) is 0 Å².